The van der Waals surface area contributed by atoms with Crippen molar-refractivity contribution in [1.29, 1.82) is 0 Å². The molecule has 1 aromatic carbocycles. The van der Waals surface area contributed by atoms with Crippen molar-refractivity contribution in [2.45, 2.75) is 31.0 Å². The standard InChI is InChI=1S/C14H15BrO3/c1-2-18-13(16)6-4-9-3-5-11-10(7-9)8-12(15)14(11)17/h3,5,7,12H,2,4,6,8H2,1H3. The molecule has 4 heteroatoms. The fourth-order valence-corrected chi connectivity index (χ4v) is 2.74. The van der Waals surface area contributed by atoms with Crippen LogP contribution in [0, 0.1) is 0 Å². The Hall–Kier alpha value is -1.16. The molecule has 96 valence electrons. The molecule has 0 aromatic heterocycles. The van der Waals surface area contributed by atoms with Crippen LogP contribution in [0.5, 0.6) is 0 Å². The van der Waals surface area contributed by atoms with Crippen LogP contribution in [-0.2, 0) is 22.4 Å². The van der Waals surface area contributed by atoms with Gasteiger partial charge in [0.25, 0.3) is 0 Å². The zero-order chi connectivity index (χ0) is 13.1. The number of ketones is 1. The van der Waals surface area contributed by atoms with E-state index in [1.54, 1.807) is 6.92 Å². The Balaban J connectivity index is 2.03. The number of carbonyl (C=O) groups is 2. The van der Waals surface area contributed by atoms with Gasteiger partial charge in [-0.1, -0.05) is 34.1 Å². The first-order valence-corrected chi connectivity index (χ1v) is 6.99. The maximum Gasteiger partial charge on any atom is 0.306 e. The van der Waals surface area contributed by atoms with E-state index in [1.165, 1.54) is 0 Å². The average molecular weight is 311 g/mol. The second-order valence-corrected chi connectivity index (χ2v) is 5.44. The van der Waals surface area contributed by atoms with Crippen molar-refractivity contribution in [3.63, 3.8) is 0 Å². The molecule has 3 nitrogen and oxygen atoms in total. The number of hydrogen-bond donors (Lipinski definition) is 0. The van der Waals surface area contributed by atoms with Crippen molar-refractivity contribution < 1.29 is 14.3 Å². The van der Waals surface area contributed by atoms with Crippen LogP contribution in [0.4, 0.5) is 0 Å². The van der Waals surface area contributed by atoms with Gasteiger partial charge in [0.15, 0.2) is 5.78 Å². The minimum atomic E-state index is -0.174. The van der Waals surface area contributed by atoms with E-state index in [2.05, 4.69) is 15.9 Å². The zero-order valence-corrected chi connectivity index (χ0v) is 11.8. The van der Waals surface area contributed by atoms with Crippen LogP contribution in [0.2, 0.25) is 0 Å². The maximum atomic E-state index is 11.7. The van der Waals surface area contributed by atoms with Crippen LogP contribution in [-0.4, -0.2) is 23.2 Å². The van der Waals surface area contributed by atoms with Crippen LogP contribution in [0.15, 0.2) is 18.2 Å². The SMILES string of the molecule is CCOC(=O)CCc1ccc2c(c1)CC(Br)C2=O. The molecule has 0 saturated heterocycles. The van der Waals surface area contributed by atoms with Crippen molar-refractivity contribution in [2.24, 2.45) is 0 Å². The van der Waals surface area contributed by atoms with Gasteiger partial charge in [-0.15, -0.1) is 0 Å². The molecule has 0 aliphatic heterocycles. The molecule has 2 rings (SSSR count). The number of halogens is 1. The third-order valence-corrected chi connectivity index (χ3v) is 3.78. The number of fused-ring (bicyclic) bond motifs is 1. The summed E-state index contributed by atoms with van der Waals surface area (Å²) in [5.41, 5.74) is 2.95. The van der Waals surface area contributed by atoms with Gasteiger partial charge in [-0.3, -0.25) is 9.59 Å². The minimum absolute atomic E-state index is 0.0900. The summed E-state index contributed by atoms with van der Waals surface area (Å²) in [6.45, 7) is 2.22. The van der Waals surface area contributed by atoms with Gasteiger partial charge in [0.1, 0.15) is 0 Å². The van der Waals surface area contributed by atoms with E-state index in [4.69, 9.17) is 4.74 Å². The van der Waals surface area contributed by atoms with E-state index in [9.17, 15) is 9.59 Å². The minimum Gasteiger partial charge on any atom is -0.466 e. The number of rotatable bonds is 4. The van der Waals surface area contributed by atoms with E-state index >= 15 is 0 Å². The van der Waals surface area contributed by atoms with Crippen LogP contribution < -0.4 is 0 Å². The number of ether oxygens (including phenoxy) is 1. The Morgan fingerprint density at radius 3 is 3.00 bits per heavy atom. The highest BCUT2D eigenvalue weighted by Gasteiger charge is 2.28. The predicted molar refractivity (Wildman–Crippen MR) is 72.1 cm³/mol. The second kappa shape index (κ2) is 5.65. The molecule has 18 heavy (non-hydrogen) atoms. The first-order chi connectivity index (χ1) is 8.61. The summed E-state index contributed by atoms with van der Waals surface area (Å²) in [5.74, 6) is -0.0191. The van der Waals surface area contributed by atoms with Crippen LogP contribution in [0.25, 0.3) is 0 Å². The molecular weight excluding hydrogens is 296 g/mol. The van der Waals surface area contributed by atoms with Gasteiger partial charge < -0.3 is 4.74 Å². The molecule has 1 unspecified atom stereocenters. The highest BCUT2D eigenvalue weighted by molar-refractivity contribution is 9.10. The number of benzene rings is 1. The summed E-state index contributed by atoms with van der Waals surface area (Å²) in [6, 6.07) is 5.80. The highest BCUT2D eigenvalue weighted by atomic mass is 79.9. The van der Waals surface area contributed by atoms with Gasteiger partial charge in [-0.25, -0.2) is 0 Å². The molecule has 1 atom stereocenters. The Kier molecular flexibility index (Phi) is 4.17. The number of esters is 1. The van der Waals surface area contributed by atoms with E-state index < -0.39 is 0 Å². The number of aryl methyl sites for hydroxylation is 1. The fraction of sp³-hybridized carbons (Fsp3) is 0.429. The van der Waals surface area contributed by atoms with Gasteiger partial charge in [0, 0.05) is 12.0 Å². The van der Waals surface area contributed by atoms with Crippen LogP contribution >= 0.6 is 15.9 Å². The second-order valence-electron chi connectivity index (χ2n) is 4.33. The molecule has 1 aliphatic carbocycles. The third-order valence-electron chi connectivity index (χ3n) is 3.04. The summed E-state index contributed by atoms with van der Waals surface area (Å²) in [4.78, 5) is 22.9. The van der Waals surface area contributed by atoms with E-state index in [0.29, 0.717) is 19.4 Å². The quantitative estimate of drug-likeness (QED) is 0.634. The molecule has 1 aliphatic rings. The Morgan fingerprint density at radius 1 is 1.50 bits per heavy atom. The zero-order valence-electron chi connectivity index (χ0n) is 10.2. The Bertz CT molecular complexity index is 482. The lowest BCUT2D eigenvalue weighted by Crippen LogP contribution is -2.06. The predicted octanol–water partition coefficient (Wildman–Crippen LogP) is 2.68. The lowest BCUT2D eigenvalue weighted by atomic mass is 10.0. The first kappa shape index (κ1) is 13.3. The number of Topliss-reactive ketones (excluding diaryl/α,β-unsaturated/α-hetero) is 1. The van der Waals surface area contributed by atoms with Gasteiger partial charge in [-0.05, 0) is 30.9 Å². The van der Waals surface area contributed by atoms with Gasteiger partial charge >= 0.3 is 5.97 Å². The summed E-state index contributed by atoms with van der Waals surface area (Å²) in [6.07, 6.45) is 1.78. The summed E-state index contributed by atoms with van der Waals surface area (Å²) in [5, 5.41) is 0. The van der Waals surface area contributed by atoms with E-state index in [1.807, 2.05) is 18.2 Å². The molecule has 0 radical (unpaired) electrons. The molecule has 0 amide bonds. The van der Waals surface area contributed by atoms with E-state index in [0.717, 1.165) is 23.1 Å². The Morgan fingerprint density at radius 2 is 2.28 bits per heavy atom. The molecule has 0 heterocycles. The van der Waals surface area contributed by atoms with Crippen LogP contribution in [0.3, 0.4) is 0 Å². The molecule has 1 aromatic rings. The van der Waals surface area contributed by atoms with Gasteiger partial charge in [0.2, 0.25) is 0 Å². The monoisotopic (exact) mass is 310 g/mol. The van der Waals surface area contributed by atoms with Crippen molar-refractivity contribution >= 4 is 27.7 Å². The van der Waals surface area contributed by atoms with E-state index in [-0.39, 0.29) is 16.6 Å². The Labute approximate surface area is 115 Å². The molecule has 0 bridgehead atoms. The topological polar surface area (TPSA) is 43.4 Å². The molecular formula is C14H15BrO3. The van der Waals surface area contributed by atoms with Gasteiger partial charge in [-0.2, -0.15) is 0 Å². The third kappa shape index (κ3) is 2.80. The fourth-order valence-electron chi connectivity index (χ4n) is 2.15. The molecule has 0 N–H and O–H groups in total. The summed E-state index contributed by atoms with van der Waals surface area (Å²) >= 11 is 3.37. The molecule has 0 saturated carbocycles. The normalized spacial score (nSPS) is 17.7. The summed E-state index contributed by atoms with van der Waals surface area (Å²) in [7, 11) is 0. The van der Waals surface area contributed by atoms with Crippen molar-refractivity contribution in [3.05, 3.63) is 34.9 Å². The smallest absolute Gasteiger partial charge is 0.306 e. The largest absolute Gasteiger partial charge is 0.466 e. The molecule has 0 fully saturated rings. The van der Waals surface area contributed by atoms with Crippen molar-refractivity contribution in [1.82, 2.24) is 0 Å². The maximum absolute atomic E-state index is 11.7. The highest BCUT2D eigenvalue weighted by Crippen LogP contribution is 2.27. The van der Waals surface area contributed by atoms with Gasteiger partial charge in [0.05, 0.1) is 11.4 Å². The van der Waals surface area contributed by atoms with Crippen molar-refractivity contribution in [2.75, 3.05) is 6.61 Å². The number of alkyl halides is 1. The number of carbonyl (C=O) groups excluding carboxylic acids is 2. The molecule has 0 spiro atoms. The summed E-state index contributed by atoms with van der Waals surface area (Å²) < 4.78 is 4.89. The van der Waals surface area contributed by atoms with Crippen LogP contribution in [0.1, 0.15) is 34.8 Å². The van der Waals surface area contributed by atoms with Crippen molar-refractivity contribution in [3.8, 4) is 0 Å². The lowest BCUT2D eigenvalue weighted by Gasteiger charge is -2.04. The number of hydrogen-bond acceptors (Lipinski definition) is 3. The first-order valence-electron chi connectivity index (χ1n) is 6.07. The lowest BCUT2D eigenvalue weighted by molar-refractivity contribution is -0.143. The average Bonchev–Trinajstić information content (AvgIpc) is 2.63.